The number of esters is 1. The Balaban J connectivity index is 1.80. The normalized spacial score (nSPS) is 15.3. The van der Waals surface area contributed by atoms with Crippen LogP contribution in [0.15, 0.2) is 55.1 Å². The number of ether oxygens (including phenoxy) is 1. The molecule has 1 aromatic carbocycles. The van der Waals surface area contributed by atoms with Gasteiger partial charge in [0.15, 0.2) is 5.06 Å². The predicted octanol–water partition coefficient (Wildman–Crippen LogP) is 4.23. The van der Waals surface area contributed by atoms with E-state index in [2.05, 4.69) is 6.58 Å². The molecule has 27 heavy (non-hydrogen) atoms. The molecule has 0 saturated carbocycles. The van der Waals surface area contributed by atoms with Crippen LogP contribution in [0.4, 0.5) is 0 Å². The summed E-state index contributed by atoms with van der Waals surface area (Å²) in [5.74, 6) is -1.41. The average Bonchev–Trinajstić information content (AvgIpc) is 3.03. The number of halogens is 1. The van der Waals surface area contributed by atoms with Gasteiger partial charge in [-0.25, -0.2) is 4.79 Å². The van der Waals surface area contributed by atoms with Crippen molar-refractivity contribution in [1.29, 1.82) is 0 Å². The Morgan fingerprint density at radius 3 is 2.85 bits per heavy atom. The van der Waals surface area contributed by atoms with Crippen molar-refractivity contribution < 1.29 is 19.4 Å². The second-order valence-corrected chi connectivity index (χ2v) is 7.52. The number of aliphatic carboxylic acids is 1. The van der Waals surface area contributed by atoms with Gasteiger partial charge in [0.2, 0.25) is 0 Å². The Kier molecular flexibility index (Phi) is 6.11. The van der Waals surface area contributed by atoms with E-state index in [9.17, 15) is 14.7 Å². The zero-order valence-corrected chi connectivity index (χ0v) is 16.0. The maximum absolute atomic E-state index is 11.9. The van der Waals surface area contributed by atoms with Crippen LogP contribution in [0.2, 0.25) is 5.02 Å². The van der Waals surface area contributed by atoms with E-state index >= 15 is 0 Å². The van der Waals surface area contributed by atoms with Crippen molar-refractivity contribution in [3.8, 4) is 5.06 Å². The molecule has 1 aliphatic heterocycles. The van der Waals surface area contributed by atoms with Crippen LogP contribution in [0.3, 0.4) is 0 Å². The van der Waals surface area contributed by atoms with Crippen molar-refractivity contribution in [2.75, 3.05) is 6.54 Å². The van der Waals surface area contributed by atoms with Gasteiger partial charge < -0.3 is 9.84 Å². The number of carboxylic acids is 1. The van der Waals surface area contributed by atoms with Gasteiger partial charge in [-0.1, -0.05) is 48.5 Å². The summed E-state index contributed by atoms with van der Waals surface area (Å²) in [6.45, 7) is 4.54. The zero-order chi connectivity index (χ0) is 19.4. The highest BCUT2D eigenvalue weighted by molar-refractivity contribution is 7.14. The molecule has 2 aromatic rings. The van der Waals surface area contributed by atoms with Gasteiger partial charge in [0.1, 0.15) is 6.04 Å². The van der Waals surface area contributed by atoms with Crippen LogP contribution in [-0.4, -0.2) is 28.5 Å². The molecule has 0 radical (unpaired) electrons. The van der Waals surface area contributed by atoms with E-state index in [1.165, 1.54) is 29.6 Å². The number of carboxylic acid groups (broad SMARTS) is 1. The minimum atomic E-state index is -0.942. The fraction of sp³-hybridized carbons (Fsp3) is 0.200. The number of nitrogens with zero attached hydrogens (tertiary/aromatic N) is 1. The van der Waals surface area contributed by atoms with Crippen molar-refractivity contribution in [2.24, 2.45) is 0 Å². The third-order valence-corrected chi connectivity index (χ3v) is 5.70. The first-order valence-electron chi connectivity index (χ1n) is 8.33. The molecule has 0 spiro atoms. The van der Waals surface area contributed by atoms with Crippen LogP contribution >= 0.6 is 22.9 Å². The van der Waals surface area contributed by atoms with E-state index < -0.39 is 18.0 Å². The molecular weight excluding hydrogens is 386 g/mol. The SMILES string of the molecule is C=C/C=C/C(=O)Oc1cc2c(s1)CCN([C@H](C(=O)O)c1ccccc1Cl)C2. The Bertz CT molecular complexity index is 905. The summed E-state index contributed by atoms with van der Waals surface area (Å²) in [5, 5.41) is 10.7. The molecule has 0 aliphatic carbocycles. The van der Waals surface area contributed by atoms with E-state index in [-0.39, 0.29) is 0 Å². The summed E-state index contributed by atoms with van der Waals surface area (Å²) in [7, 11) is 0. The summed E-state index contributed by atoms with van der Waals surface area (Å²) >= 11 is 7.64. The first-order valence-corrected chi connectivity index (χ1v) is 9.53. The van der Waals surface area contributed by atoms with Crippen LogP contribution in [0.5, 0.6) is 5.06 Å². The van der Waals surface area contributed by atoms with Gasteiger partial charge in [-0.3, -0.25) is 9.69 Å². The summed E-state index contributed by atoms with van der Waals surface area (Å²) in [6, 6.07) is 7.97. The minimum absolute atomic E-state index is 0.435. The van der Waals surface area contributed by atoms with Crippen LogP contribution in [-0.2, 0) is 22.6 Å². The van der Waals surface area contributed by atoms with Crippen molar-refractivity contribution in [1.82, 2.24) is 4.90 Å². The minimum Gasteiger partial charge on any atom is -0.480 e. The lowest BCUT2D eigenvalue weighted by Crippen LogP contribution is -2.37. The van der Waals surface area contributed by atoms with Crippen LogP contribution < -0.4 is 4.74 Å². The highest BCUT2D eigenvalue weighted by Crippen LogP contribution is 2.37. The maximum Gasteiger partial charge on any atom is 0.336 e. The summed E-state index contributed by atoms with van der Waals surface area (Å²) in [6.07, 6.45) is 5.00. The van der Waals surface area contributed by atoms with Gasteiger partial charge in [-0.2, -0.15) is 0 Å². The molecule has 3 rings (SSSR count). The molecule has 0 unspecified atom stereocenters. The molecule has 5 nitrogen and oxygen atoms in total. The number of carbonyl (C=O) groups excluding carboxylic acids is 1. The van der Waals surface area contributed by atoms with Gasteiger partial charge in [0.05, 0.1) is 0 Å². The maximum atomic E-state index is 11.9. The quantitative estimate of drug-likeness (QED) is 0.444. The first kappa shape index (κ1) is 19.4. The molecule has 7 heteroatoms. The molecule has 1 aliphatic rings. The molecule has 0 bridgehead atoms. The fourth-order valence-corrected chi connectivity index (χ4v) is 4.32. The summed E-state index contributed by atoms with van der Waals surface area (Å²) in [5.41, 5.74) is 1.55. The van der Waals surface area contributed by atoms with E-state index in [0.717, 1.165) is 10.4 Å². The van der Waals surface area contributed by atoms with Crippen molar-refractivity contribution in [2.45, 2.75) is 19.0 Å². The standard InChI is InChI=1S/C20H18ClNO4S/c1-2-3-8-17(23)26-18-11-13-12-22(10-9-16(13)27-18)19(20(24)25)14-6-4-5-7-15(14)21/h2-8,11,19H,1,9-10,12H2,(H,24,25)/b8-3+/t19-/m0/s1. The second kappa shape index (κ2) is 8.52. The van der Waals surface area contributed by atoms with Crippen LogP contribution in [0.1, 0.15) is 22.0 Å². The average molecular weight is 404 g/mol. The predicted molar refractivity (Wildman–Crippen MR) is 105 cm³/mol. The molecule has 2 heterocycles. The number of hydrogen-bond acceptors (Lipinski definition) is 5. The second-order valence-electron chi connectivity index (χ2n) is 6.01. The number of rotatable bonds is 6. The third kappa shape index (κ3) is 4.47. The van der Waals surface area contributed by atoms with Gasteiger partial charge >= 0.3 is 11.9 Å². The molecule has 1 aromatic heterocycles. The summed E-state index contributed by atoms with van der Waals surface area (Å²) in [4.78, 5) is 26.6. The summed E-state index contributed by atoms with van der Waals surface area (Å²) < 4.78 is 5.31. The molecule has 0 saturated heterocycles. The topological polar surface area (TPSA) is 66.8 Å². The number of allylic oxidation sites excluding steroid dienone is 2. The first-order chi connectivity index (χ1) is 13.0. The van der Waals surface area contributed by atoms with E-state index in [1.807, 2.05) is 4.90 Å². The lowest BCUT2D eigenvalue weighted by Gasteiger charge is -2.32. The molecule has 140 valence electrons. The highest BCUT2D eigenvalue weighted by atomic mass is 35.5. The van der Waals surface area contributed by atoms with Crippen LogP contribution in [0.25, 0.3) is 0 Å². The van der Waals surface area contributed by atoms with E-state index in [1.54, 1.807) is 30.3 Å². The highest BCUT2D eigenvalue weighted by Gasteiger charge is 2.32. The smallest absolute Gasteiger partial charge is 0.336 e. The third-order valence-electron chi connectivity index (χ3n) is 4.24. The Labute approximate surface area is 166 Å². The van der Waals surface area contributed by atoms with Gasteiger partial charge in [0, 0.05) is 29.1 Å². The van der Waals surface area contributed by atoms with Gasteiger partial charge in [-0.15, -0.1) is 11.3 Å². The molecule has 0 amide bonds. The molecular formula is C20H18ClNO4S. The largest absolute Gasteiger partial charge is 0.480 e. The number of hydrogen-bond donors (Lipinski definition) is 1. The number of benzene rings is 1. The molecule has 0 fully saturated rings. The van der Waals surface area contributed by atoms with Crippen molar-refractivity contribution >= 4 is 34.9 Å². The monoisotopic (exact) mass is 403 g/mol. The van der Waals surface area contributed by atoms with Gasteiger partial charge in [-0.05, 0) is 29.7 Å². The zero-order valence-electron chi connectivity index (χ0n) is 14.4. The lowest BCUT2D eigenvalue weighted by molar-refractivity contribution is -0.144. The number of carbonyl (C=O) groups is 2. The number of fused-ring (bicyclic) bond motifs is 1. The Morgan fingerprint density at radius 2 is 2.15 bits per heavy atom. The molecule has 1 N–H and O–H groups in total. The Morgan fingerprint density at radius 1 is 1.37 bits per heavy atom. The van der Waals surface area contributed by atoms with Gasteiger partial charge in [0.25, 0.3) is 0 Å². The van der Waals surface area contributed by atoms with E-state index in [4.69, 9.17) is 16.3 Å². The molecule has 1 atom stereocenters. The van der Waals surface area contributed by atoms with Crippen LogP contribution in [0, 0.1) is 0 Å². The Hall–Kier alpha value is -2.41. The van der Waals surface area contributed by atoms with E-state index in [0.29, 0.717) is 35.2 Å². The van der Waals surface area contributed by atoms with Crippen molar-refractivity contribution in [3.05, 3.63) is 76.2 Å². The van der Waals surface area contributed by atoms with Crippen molar-refractivity contribution in [3.63, 3.8) is 0 Å². The number of thiophene rings is 1. The fourth-order valence-electron chi connectivity index (χ4n) is 3.06. The lowest BCUT2D eigenvalue weighted by atomic mass is 10.0.